The minimum Gasteiger partial charge on any atom is -0.870 e. The van der Waals surface area contributed by atoms with E-state index in [9.17, 15) is 18.1 Å². The first kappa shape index (κ1) is 29.6. The van der Waals surface area contributed by atoms with Gasteiger partial charge in [0.2, 0.25) is 0 Å². The quantitative estimate of drug-likeness (QED) is 0.236. The standard InChI is InChI=1S/C25H36O5S.K/c1-2-3-4-5-6-7-8-9-10-11-12-15-21-16-13-14-17-24(21)30-25-20-22(31(27,28)29)18-19-23(25)26;/h13-14,16-20,26H,2-12,15H2,1H3,(H,27,28,29);/q;+1/p-1. The molecule has 0 radical (unpaired) electrons. The van der Waals surface area contributed by atoms with E-state index < -0.39 is 15.9 Å². The molecule has 0 amide bonds. The van der Waals surface area contributed by atoms with Gasteiger partial charge in [-0.3, -0.25) is 4.55 Å². The summed E-state index contributed by atoms with van der Waals surface area (Å²) in [7, 11) is -4.40. The van der Waals surface area contributed by atoms with Gasteiger partial charge < -0.3 is 9.84 Å². The number of unbranched alkanes of at least 4 members (excludes halogenated alkanes) is 10. The molecule has 0 aliphatic carbocycles. The van der Waals surface area contributed by atoms with Crippen LogP contribution < -0.4 is 61.2 Å². The third-order valence-corrected chi connectivity index (χ3v) is 6.30. The van der Waals surface area contributed by atoms with Crippen molar-refractivity contribution in [2.24, 2.45) is 0 Å². The first-order valence-corrected chi connectivity index (χ1v) is 12.9. The molecular formula is C25H35KO5S. The van der Waals surface area contributed by atoms with Crippen LogP contribution in [0.15, 0.2) is 47.4 Å². The second kappa shape index (κ2) is 16.3. The van der Waals surface area contributed by atoms with Gasteiger partial charge in [-0.1, -0.05) is 101 Å². The summed E-state index contributed by atoms with van der Waals surface area (Å²) in [5.41, 5.74) is 0.982. The van der Waals surface area contributed by atoms with Crippen LogP contribution in [0.4, 0.5) is 0 Å². The van der Waals surface area contributed by atoms with E-state index >= 15 is 0 Å². The van der Waals surface area contributed by atoms with Gasteiger partial charge in [-0.15, -0.1) is 0 Å². The monoisotopic (exact) mass is 486 g/mol. The molecule has 2 aromatic rings. The largest absolute Gasteiger partial charge is 1.00 e. The van der Waals surface area contributed by atoms with E-state index in [-0.39, 0.29) is 62.0 Å². The smallest absolute Gasteiger partial charge is 0.870 e. The first-order valence-electron chi connectivity index (χ1n) is 11.5. The van der Waals surface area contributed by atoms with Gasteiger partial charge in [0.15, 0.2) is 0 Å². The van der Waals surface area contributed by atoms with E-state index in [4.69, 9.17) is 4.74 Å². The van der Waals surface area contributed by atoms with Gasteiger partial charge >= 0.3 is 51.4 Å². The molecule has 0 saturated carbocycles. The summed E-state index contributed by atoms with van der Waals surface area (Å²) in [4.78, 5) is -0.357. The van der Waals surface area contributed by atoms with Crippen LogP contribution in [-0.4, -0.2) is 13.0 Å². The van der Waals surface area contributed by atoms with Crippen LogP contribution in [0.2, 0.25) is 0 Å². The molecule has 0 bridgehead atoms. The molecule has 0 saturated heterocycles. The zero-order valence-electron chi connectivity index (χ0n) is 19.5. The molecule has 0 aliphatic rings. The Kier molecular flexibility index (Phi) is 15.0. The van der Waals surface area contributed by atoms with Gasteiger partial charge in [-0.05, 0) is 30.5 Å². The molecule has 1 N–H and O–H groups in total. The predicted octanol–water partition coefficient (Wildman–Crippen LogP) is 3.66. The second-order valence-corrected chi connectivity index (χ2v) is 9.50. The number of rotatable bonds is 15. The zero-order valence-corrected chi connectivity index (χ0v) is 23.5. The van der Waals surface area contributed by atoms with Crippen molar-refractivity contribution < 1.29 is 74.2 Å². The van der Waals surface area contributed by atoms with Gasteiger partial charge in [0, 0.05) is 6.07 Å². The van der Waals surface area contributed by atoms with E-state index in [0.29, 0.717) is 5.75 Å². The SMILES string of the molecule is CCCCCCCCCCCCCc1ccccc1Oc1cc(S(=O)(=O)O)ccc1[O-].[K+]. The average Bonchev–Trinajstić information content (AvgIpc) is 2.74. The van der Waals surface area contributed by atoms with Gasteiger partial charge in [0.1, 0.15) is 11.5 Å². The van der Waals surface area contributed by atoms with Crippen molar-refractivity contribution >= 4 is 10.1 Å². The van der Waals surface area contributed by atoms with Crippen LogP contribution in [0.25, 0.3) is 0 Å². The summed E-state index contributed by atoms with van der Waals surface area (Å²) < 4.78 is 37.6. The summed E-state index contributed by atoms with van der Waals surface area (Å²) in [6, 6.07) is 10.7. The summed E-state index contributed by atoms with van der Waals surface area (Å²) in [6.07, 6.45) is 14.9. The molecule has 0 aromatic heterocycles. The number of para-hydroxylation sites is 1. The molecular weight excluding hydrogens is 451 g/mol. The number of aryl methyl sites for hydroxylation is 1. The molecule has 32 heavy (non-hydrogen) atoms. The van der Waals surface area contributed by atoms with Crippen LogP contribution in [0.1, 0.15) is 83.1 Å². The van der Waals surface area contributed by atoms with Crippen LogP contribution in [-0.2, 0) is 16.5 Å². The van der Waals surface area contributed by atoms with Crippen molar-refractivity contribution in [1.82, 2.24) is 0 Å². The van der Waals surface area contributed by atoms with Gasteiger partial charge in [0.05, 0.1) is 4.90 Å². The van der Waals surface area contributed by atoms with Crippen LogP contribution >= 0.6 is 0 Å². The molecule has 0 unspecified atom stereocenters. The van der Waals surface area contributed by atoms with Gasteiger partial charge in [-0.25, -0.2) is 0 Å². The molecule has 0 fully saturated rings. The average molecular weight is 487 g/mol. The predicted molar refractivity (Wildman–Crippen MR) is 122 cm³/mol. The van der Waals surface area contributed by atoms with Crippen molar-refractivity contribution in [3.8, 4) is 17.2 Å². The van der Waals surface area contributed by atoms with Crippen molar-refractivity contribution in [1.29, 1.82) is 0 Å². The van der Waals surface area contributed by atoms with Gasteiger partial charge in [0.25, 0.3) is 10.1 Å². The van der Waals surface area contributed by atoms with E-state index in [2.05, 4.69) is 6.92 Å². The molecule has 2 rings (SSSR count). The minimum atomic E-state index is -4.40. The molecule has 0 aliphatic heterocycles. The van der Waals surface area contributed by atoms with E-state index in [1.54, 1.807) is 6.07 Å². The fourth-order valence-electron chi connectivity index (χ4n) is 3.64. The topological polar surface area (TPSA) is 86.7 Å². The Hall–Kier alpha value is -0.414. The van der Waals surface area contributed by atoms with Gasteiger partial charge in [-0.2, -0.15) is 8.42 Å². The molecule has 0 heterocycles. The third-order valence-electron chi connectivity index (χ3n) is 5.46. The Balaban J connectivity index is 0.00000512. The molecule has 2 aromatic carbocycles. The Labute approximate surface area is 236 Å². The van der Waals surface area contributed by atoms with E-state index in [1.165, 1.54) is 57.8 Å². The fraction of sp³-hybridized carbons (Fsp3) is 0.520. The van der Waals surface area contributed by atoms with Crippen molar-refractivity contribution in [3.05, 3.63) is 48.0 Å². The number of benzene rings is 2. The van der Waals surface area contributed by atoms with E-state index in [1.807, 2.05) is 18.2 Å². The summed E-state index contributed by atoms with van der Waals surface area (Å²) in [5, 5.41) is 12.1. The summed E-state index contributed by atoms with van der Waals surface area (Å²) in [6.45, 7) is 2.24. The molecule has 0 spiro atoms. The Morgan fingerprint density at radius 3 is 1.97 bits per heavy atom. The molecule has 0 atom stereocenters. The molecule has 5 nitrogen and oxygen atoms in total. The zero-order chi connectivity index (χ0) is 22.5. The van der Waals surface area contributed by atoms with Crippen LogP contribution in [0.5, 0.6) is 17.2 Å². The first-order chi connectivity index (χ1) is 14.9. The number of ether oxygens (including phenoxy) is 1. The summed E-state index contributed by atoms with van der Waals surface area (Å²) >= 11 is 0. The number of hydrogen-bond acceptors (Lipinski definition) is 4. The van der Waals surface area contributed by atoms with Crippen LogP contribution in [0.3, 0.4) is 0 Å². The third kappa shape index (κ3) is 11.1. The van der Waals surface area contributed by atoms with Crippen LogP contribution in [0, 0.1) is 0 Å². The molecule has 7 heteroatoms. The minimum absolute atomic E-state index is 0. The number of hydrogen-bond donors (Lipinski definition) is 1. The van der Waals surface area contributed by atoms with E-state index in [0.717, 1.165) is 43.0 Å². The Morgan fingerprint density at radius 1 is 0.812 bits per heavy atom. The Bertz CT molecular complexity index is 899. The van der Waals surface area contributed by atoms with Crippen molar-refractivity contribution in [2.75, 3.05) is 0 Å². The van der Waals surface area contributed by atoms with Crippen molar-refractivity contribution in [3.63, 3.8) is 0 Å². The Morgan fingerprint density at radius 2 is 1.38 bits per heavy atom. The maximum Gasteiger partial charge on any atom is 1.00 e. The normalized spacial score (nSPS) is 11.2. The second-order valence-electron chi connectivity index (χ2n) is 8.08. The molecule has 172 valence electrons. The maximum absolute atomic E-state index is 12.1. The maximum atomic E-state index is 12.1. The van der Waals surface area contributed by atoms with Crippen molar-refractivity contribution in [2.45, 2.75) is 88.9 Å². The summed E-state index contributed by atoms with van der Waals surface area (Å²) in [5.74, 6) is -0.00224. The fourth-order valence-corrected chi connectivity index (χ4v) is 4.13.